The van der Waals surface area contributed by atoms with Crippen molar-refractivity contribution in [1.82, 2.24) is 0 Å². The molecule has 0 heterocycles. The van der Waals surface area contributed by atoms with Gasteiger partial charge in [-0.25, -0.2) is 0 Å². The first-order valence-corrected chi connectivity index (χ1v) is 17.0. The highest BCUT2D eigenvalue weighted by Crippen LogP contribution is 2.44. The number of anilines is 1. The Morgan fingerprint density at radius 3 is 1.12 bits per heavy atom. The zero-order chi connectivity index (χ0) is 33.5. The van der Waals surface area contributed by atoms with Crippen molar-refractivity contribution in [2.45, 2.75) is 52.5 Å². The summed E-state index contributed by atoms with van der Waals surface area (Å²) in [7, 11) is 0. The van der Waals surface area contributed by atoms with Crippen molar-refractivity contribution in [3.05, 3.63) is 208 Å². The van der Waals surface area contributed by atoms with E-state index in [-0.39, 0.29) is 23.3 Å². The smallest absolute Gasteiger partial charge is 0.107 e. The van der Waals surface area contributed by atoms with Gasteiger partial charge in [-0.15, -0.1) is 0 Å². The minimum atomic E-state index is -0.244. The Balaban J connectivity index is 1.66. The summed E-state index contributed by atoms with van der Waals surface area (Å²) in [5.74, 6) is 0.979. The molecule has 0 aliphatic rings. The maximum atomic E-state index is 5.43. The fraction of sp³-hybridized carbons (Fsp3) is 0.196. The number of benzene rings is 6. The minimum absolute atomic E-state index is 0.00788. The summed E-state index contributed by atoms with van der Waals surface area (Å²) in [6.07, 6.45) is 0. The van der Waals surface area contributed by atoms with Crippen molar-refractivity contribution in [2.24, 2.45) is 10.4 Å². The average molecular weight is 627 g/mol. The van der Waals surface area contributed by atoms with Gasteiger partial charge >= 0.3 is 0 Å². The van der Waals surface area contributed by atoms with Crippen LogP contribution in [-0.2, 0) is 0 Å². The maximum Gasteiger partial charge on any atom is 0.107 e. The number of aryl methyl sites for hydroxylation is 1. The van der Waals surface area contributed by atoms with Gasteiger partial charge in [-0.1, -0.05) is 190 Å². The molecule has 2 nitrogen and oxygen atoms in total. The number of rotatable bonds is 9. The molecule has 0 spiro atoms. The predicted molar refractivity (Wildman–Crippen MR) is 204 cm³/mol. The summed E-state index contributed by atoms with van der Waals surface area (Å²) in [4.78, 5) is 5.43. The molecular weight excluding hydrogens is 581 g/mol. The van der Waals surface area contributed by atoms with Gasteiger partial charge in [0.2, 0.25) is 0 Å². The molecule has 240 valence electrons. The number of nitrogens with zero attached hydrogens (tertiary/aromatic N) is 1. The molecule has 1 atom stereocenters. The number of nitrogens with one attached hydrogen (secondary N) is 1. The van der Waals surface area contributed by atoms with E-state index in [2.05, 4.69) is 204 Å². The van der Waals surface area contributed by atoms with E-state index in [0.29, 0.717) is 0 Å². The van der Waals surface area contributed by atoms with Crippen molar-refractivity contribution in [3.63, 3.8) is 0 Å². The van der Waals surface area contributed by atoms with E-state index < -0.39 is 0 Å². The Morgan fingerprint density at radius 2 is 0.812 bits per heavy atom. The molecule has 2 heteroatoms. The molecule has 6 aromatic carbocycles. The zero-order valence-electron chi connectivity index (χ0n) is 28.8. The molecule has 0 radical (unpaired) electrons. The zero-order valence-corrected chi connectivity index (χ0v) is 28.8. The highest BCUT2D eigenvalue weighted by molar-refractivity contribution is 6.01. The number of hydrogen-bond donors (Lipinski definition) is 1. The molecule has 0 amide bonds. The molecule has 48 heavy (non-hydrogen) atoms. The van der Waals surface area contributed by atoms with Gasteiger partial charge in [-0.2, -0.15) is 0 Å². The quantitative estimate of drug-likeness (QED) is 0.0964. The lowest BCUT2D eigenvalue weighted by Crippen LogP contribution is -2.30. The van der Waals surface area contributed by atoms with Crippen LogP contribution >= 0.6 is 0 Å². The first kappa shape index (κ1) is 32.7. The van der Waals surface area contributed by atoms with Crippen molar-refractivity contribution in [2.75, 3.05) is 5.32 Å². The second-order valence-electron chi connectivity index (χ2n) is 13.8. The monoisotopic (exact) mass is 626 g/mol. The van der Waals surface area contributed by atoms with Crippen molar-refractivity contribution < 1.29 is 0 Å². The maximum absolute atomic E-state index is 5.43. The normalized spacial score (nSPS) is 12.7. The van der Waals surface area contributed by atoms with Gasteiger partial charge in [-0.05, 0) is 52.8 Å². The van der Waals surface area contributed by atoms with Gasteiger partial charge in [-0.3, -0.25) is 4.99 Å². The van der Waals surface area contributed by atoms with Crippen LogP contribution in [0.3, 0.4) is 0 Å². The predicted octanol–water partition coefficient (Wildman–Crippen LogP) is 12.0. The lowest BCUT2D eigenvalue weighted by Gasteiger charge is -2.32. The van der Waals surface area contributed by atoms with Crippen LogP contribution in [0.5, 0.6) is 0 Å². The van der Waals surface area contributed by atoms with Gasteiger partial charge in [0, 0.05) is 22.9 Å². The standard InChI is InChI=1S/C46H46N2/c1-33-31-40(42(36-23-13-7-14-24-36)37-25-15-8-16-26-37)44(48-45(46(3,4)5)47-34(2)35-21-11-6-12-22-35)41(32-33)43(38-27-17-9-18-28-38)39-29-19-10-20-30-39/h6-32,34,42-43H,1-5H3,(H,47,48)/t34-/m0/s1. The fourth-order valence-corrected chi connectivity index (χ4v) is 6.66. The van der Waals surface area contributed by atoms with Gasteiger partial charge in [0.15, 0.2) is 0 Å². The van der Waals surface area contributed by atoms with Gasteiger partial charge in [0.25, 0.3) is 0 Å². The fourth-order valence-electron chi connectivity index (χ4n) is 6.66. The van der Waals surface area contributed by atoms with Crippen molar-refractivity contribution in [1.29, 1.82) is 0 Å². The van der Waals surface area contributed by atoms with E-state index in [1.54, 1.807) is 0 Å². The molecule has 0 saturated carbocycles. The number of hydrogen-bond acceptors (Lipinski definition) is 1. The molecule has 0 aromatic heterocycles. The van der Waals surface area contributed by atoms with Gasteiger partial charge < -0.3 is 5.32 Å². The molecule has 0 unspecified atom stereocenters. The van der Waals surface area contributed by atoms with Crippen LogP contribution in [0.2, 0.25) is 0 Å². The van der Waals surface area contributed by atoms with Crippen LogP contribution in [-0.4, -0.2) is 5.84 Å². The SMILES string of the molecule is Cc1cc(C(c2ccccc2)c2ccccc2)c(NC(=N[C@@H](C)c2ccccc2)C(C)(C)C)c(C(c2ccccc2)c2ccccc2)c1. The van der Waals surface area contributed by atoms with Gasteiger partial charge in [0.1, 0.15) is 5.84 Å². The van der Waals surface area contributed by atoms with Crippen molar-refractivity contribution in [3.8, 4) is 0 Å². The Hall–Kier alpha value is -5.21. The molecule has 6 aromatic rings. The van der Waals surface area contributed by atoms with Crippen LogP contribution in [0.1, 0.15) is 90.1 Å². The third-order valence-electron chi connectivity index (χ3n) is 9.06. The Morgan fingerprint density at radius 1 is 0.500 bits per heavy atom. The Labute approximate surface area is 287 Å². The Bertz CT molecular complexity index is 1740. The van der Waals surface area contributed by atoms with Crippen LogP contribution in [0, 0.1) is 12.3 Å². The van der Waals surface area contributed by atoms with Gasteiger partial charge in [0.05, 0.1) is 6.04 Å². The van der Waals surface area contributed by atoms with E-state index in [9.17, 15) is 0 Å². The van der Waals surface area contributed by atoms with E-state index in [1.165, 1.54) is 44.5 Å². The second kappa shape index (κ2) is 14.7. The summed E-state index contributed by atoms with van der Waals surface area (Å²) in [5, 5.41) is 4.07. The summed E-state index contributed by atoms with van der Waals surface area (Å²) < 4.78 is 0. The van der Waals surface area contributed by atoms with Crippen LogP contribution in [0.25, 0.3) is 0 Å². The van der Waals surface area contributed by atoms with E-state index in [4.69, 9.17) is 4.99 Å². The molecule has 6 rings (SSSR count). The third kappa shape index (κ3) is 7.50. The number of amidine groups is 1. The van der Waals surface area contributed by atoms with Crippen LogP contribution in [0.4, 0.5) is 5.69 Å². The summed E-state index contributed by atoms with van der Waals surface area (Å²) in [5.41, 5.74) is 10.8. The third-order valence-corrected chi connectivity index (χ3v) is 9.06. The largest absolute Gasteiger partial charge is 0.343 e. The summed E-state index contributed by atoms with van der Waals surface area (Å²) in [6.45, 7) is 11.2. The molecule has 0 bridgehead atoms. The number of aliphatic imine (C=N–C) groups is 1. The molecular formula is C46H46N2. The molecule has 0 aliphatic carbocycles. The lowest BCUT2D eigenvalue weighted by molar-refractivity contribution is 0.580. The summed E-state index contributed by atoms with van der Waals surface area (Å²) >= 11 is 0. The average Bonchev–Trinajstić information content (AvgIpc) is 3.11. The molecule has 0 fully saturated rings. The minimum Gasteiger partial charge on any atom is -0.343 e. The first-order chi connectivity index (χ1) is 23.3. The molecule has 0 saturated heterocycles. The Kier molecular flexibility index (Phi) is 10.0. The van der Waals surface area contributed by atoms with E-state index >= 15 is 0 Å². The van der Waals surface area contributed by atoms with E-state index in [0.717, 1.165) is 11.5 Å². The van der Waals surface area contributed by atoms with Crippen molar-refractivity contribution >= 4 is 11.5 Å². The first-order valence-electron chi connectivity index (χ1n) is 17.0. The second-order valence-corrected chi connectivity index (χ2v) is 13.8. The topological polar surface area (TPSA) is 24.4 Å². The summed E-state index contributed by atoms with van der Waals surface area (Å²) in [6, 6.07) is 59.0. The highest BCUT2D eigenvalue weighted by atomic mass is 15.0. The van der Waals surface area contributed by atoms with Crippen LogP contribution in [0.15, 0.2) is 169 Å². The lowest BCUT2D eigenvalue weighted by atomic mass is 9.78. The molecule has 1 N–H and O–H groups in total. The van der Waals surface area contributed by atoms with Crippen LogP contribution < -0.4 is 5.32 Å². The van der Waals surface area contributed by atoms with E-state index in [1.807, 2.05) is 0 Å². The highest BCUT2D eigenvalue weighted by Gasteiger charge is 2.30. The molecule has 0 aliphatic heterocycles.